The summed E-state index contributed by atoms with van der Waals surface area (Å²) in [5.74, 6) is 0.124. The van der Waals surface area contributed by atoms with Crippen molar-refractivity contribution in [2.75, 3.05) is 13.1 Å². The number of hydrogen-bond donors (Lipinski definition) is 2. The molecular weight excluding hydrogens is 290 g/mol. The number of sulfonamides is 1. The van der Waals surface area contributed by atoms with E-state index < -0.39 is 10.0 Å². The number of nitrogens with zero attached hydrogens (tertiary/aromatic N) is 2. The van der Waals surface area contributed by atoms with E-state index in [1.54, 1.807) is 12.1 Å². The Morgan fingerprint density at radius 2 is 1.90 bits per heavy atom. The second-order valence-electron chi connectivity index (χ2n) is 5.45. The first kappa shape index (κ1) is 15.8. The standard InChI is InChI=1S/C14H21N3O3S/c1-10-3-4-13(9-11(10)2)21(19,20)17-7-5-12(6-8-17)14(15)16-18/h3-4,9,12,18H,5-8H2,1-2H3,(H2,15,16). The highest BCUT2D eigenvalue weighted by Gasteiger charge is 2.30. The van der Waals surface area contributed by atoms with Gasteiger partial charge in [0.1, 0.15) is 5.84 Å². The van der Waals surface area contributed by atoms with Crippen LogP contribution in [0.2, 0.25) is 0 Å². The fourth-order valence-electron chi connectivity index (χ4n) is 2.50. The van der Waals surface area contributed by atoms with Crippen LogP contribution in [0.5, 0.6) is 0 Å². The molecule has 3 N–H and O–H groups in total. The zero-order valence-electron chi connectivity index (χ0n) is 12.3. The maximum absolute atomic E-state index is 12.6. The highest BCUT2D eigenvalue weighted by Crippen LogP contribution is 2.25. The third-order valence-corrected chi connectivity index (χ3v) is 6.00. The molecule has 0 unspecified atom stereocenters. The van der Waals surface area contributed by atoms with Crippen LogP contribution in [0, 0.1) is 19.8 Å². The van der Waals surface area contributed by atoms with Gasteiger partial charge in [-0.15, -0.1) is 0 Å². The molecule has 0 aliphatic carbocycles. The zero-order valence-corrected chi connectivity index (χ0v) is 13.1. The molecule has 7 heteroatoms. The lowest BCUT2D eigenvalue weighted by atomic mass is 9.97. The van der Waals surface area contributed by atoms with Crippen LogP contribution in [0.4, 0.5) is 0 Å². The summed E-state index contributed by atoms with van der Waals surface area (Å²) >= 11 is 0. The number of hydrogen-bond acceptors (Lipinski definition) is 4. The smallest absolute Gasteiger partial charge is 0.243 e. The SMILES string of the molecule is Cc1ccc(S(=O)(=O)N2CCC(C(N)=NO)CC2)cc1C. The fraction of sp³-hybridized carbons (Fsp3) is 0.500. The number of oxime groups is 1. The Labute approximate surface area is 125 Å². The molecule has 1 aromatic rings. The maximum atomic E-state index is 12.6. The number of piperidine rings is 1. The van der Waals surface area contributed by atoms with Gasteiger partial charge in [-0.1, -0.05) is 11.2 Å². The number of amidine groups is 1. The van der Waals surface area contributed by atoms with Gasteiger partial charge < -0.3 is 10.9 Å². The van der Waals surface area contributed by atoms with E-state index in [1.165, 1.54) is 4.31 Å². The minimum absolute atomic E-state index is 0.0544. The van der Waals surface area contributed by atoms with Crippen molar-refractivity contribution < 1.29 is 13.6 Å². The van der Waals surface area contributed by atoms with E-state index in [4.69, 9.17) is 10.9 Å². The molecule has 1 aliphatic heterocycles. The summed E-state index contributed by atoms with van der Waals surface area (Å²) in [6.07, 6.45) is 1.14. The van der Waals surface area contributed by atoms with Crippen LogP contribution >= 0.6 is 0 Å². The van der Waals surface area contributed by atoms with Crippen LogP contribution in [0.3, 0.4) is 0 Å². The Morgan fingerprint density at radius 1 is 1.29 bits per heavy atom. The van der Waals surface area contributed by atoms with Gasteiger partial charge in [0.2, 0.25) is 10.0 Å². The molecule has 1 saturated heterocycles. The summed E-state index contributed by atoms with van der Waals surface area (Å²) in [5, 5.41) is 11.7. The predicted octanol–water partition coefficient (Wildman–Crippen LogP) is 1.45. The first-order chi connectivity index (χ1) is 9.86. The van der Waals surface area contributed by atoms with Crippen LogP contribution in [-0.4, -0.2) is 36.9 Å². The van der Waals surface area contributed by atoms with Gasteiger partial charge in [-0.3, -0.25) is 0 Å². The van der Waals surface area contributed by atoms with E-state index in [2.05, 4.69) is 5.16 Å². The van der Waals surface area contributed by atoms with Crippen molar-refractivity contribution in [2.24, 2.45) is 16.8 Å². The minimum atomic E-state index is -3.47. The van der Waals surface area contributed by atoms with Gasteiger partial charge >= 0.3 is 0 Å². The van der Waals surface area contributed by atoms with Gasteiger partial charge in [-0.2, -0.15) is 4.31 Å². The summed E-state index contributed by atoms with van der Waals surface area (Å²) in [6.45, 7) is 4.62. The highest BCUT2D eigenvalue weighted by molar-refractivity contribution is 7.89. The molecule has 0 amide bonds. The zero-order chi connectivity index (χ0) is 15.6. The van der Waals surface area contributed by atoms with Gasteiger partial charge in [0.15, 0.2) is 0 Å². The largest absolute Gasteiger partial charge is 0.409 e. The lowest BCUT2D eigenvalue weighted by Gasteiger charge is -2.30. The van der Waals surface area contributed by atoms with Crippen molar-refractivity contribution in [2.45, 2.75) is 31.6 Å². The van der Waals surface area contributed by atoms with E-state index in [0.717, 1.165) is 11.1 Å². The first-order valence-corrected chi connectivity index (χ1v) is 8.35. The van der Waals surface area contributed by atoms with E-state index in [-0.39, 0.29) is 11.8 Å². The van der Waals surface area contributed by atoms with Crippen molar-refractivity contribution in [1.29, 1.82) is 0 Å². The van der Waals surface area contributed by atoms with Gasteiger partial charge in [-0.05, 0) is 49.9 Å². The number of nitrogens with two attached hydrogens (primary N) is 1. The van der Waals surface area contributed by atoms with Crippen molar-refractivity contribution >= 4 is 15.9 Å². The predicted molar refractivity (Wildman–Crippen MR) is 80.8 cm³/mol. The second kappa shape index (κ2) is 6.03. The third-order valence-electron chi connectivity index (χ3n) is 4.10. The number of rotatable bonds is 3. The van der Waals surface area contributed by atoms with E-state index in [9.17, 15) is 8.42 Å². The molecule has 1 aromatic carbocycles. The number of aryl methyl sites for hydroxylation is 2. The van der Waals surface area contributed by atoms with Crippen LogP contribution in [0.15, 0.2) is 28.3 Å². The van der Waals surface area contributed by atoms with Crippen molar-refractivity contribution in [3.8, 4) is 0 Å². The first-order valence-electron chi connectivity index (χ1n) is 6.91. The molecule has 0 saturated carbocycles. The van der Waals surface area contributed by atoms with Gasteiger partial charge in [-0.25, -0.2) is 8.42 Å². The van der Waals surface area contributed by atoms with Crippen molar-refractivity contribution in [3.05, 3.63) is 29.3 Å². The van der Waals surface area contributed by atoms with Gasteiger partial charge in [0, 0.05) is 19.0 Å². The molecule has 0 radical (unpaired) electrons. The van der Waals surface area contributed by atoms with Crippen molar-refractivity contribution in [3.63, 3.8) is 0 Å². The third kappa shape index (κ3) is 3.19. The molecule has 2 rings (SSSR count). The van der Waals surface area contributed by atoms with E-state index >= 15 is 0 Å². The Hall–Kier alpha value is -1.60. The molecule has 0 atom stereocenters. The maximum Gasteiger partial charge on any atom is 0.243 e. The van der Waals surface area contributed by atoms with Crippen LogP contribution in [-0.2, 0) is 10.0 Å². The highest BCUT2D eigenvalue weighted by atomic mass is 32.2. The average molecular weight is 311 g/mol. The van der Waals surface area contributed by atoms with Crippen LogP contribution in [0.1, 0.15) is 24.0 Å². The molecule has 0 bridgehead atoms. The molecule has 1 heterocycles. The van der Waals surface area contributed by atoms with E-state index in [1.807, 2.05) is 19.9 Å². The molecule has 116 valence electrons. The summed E-state index contributed by atoms with van der Waals surface area (Å²) in [6, 6.07) is 5.18. The lowest BCUT2D eigenvalue weighted by molar-refractivity contribution is 0.291. The summed E-state index contributed by atoms with van der Waals surface area (Å²) < 4.78 is 26.7. The summed E-state index contributed by atoms with van der Waals surface area (Å²) in [4.78, 5) is 0.327. The molecule has 1 aliphatic rings. The van der Waals surface area contributed by atoms with E-state index in [0.29, 0.717) is 30.8 Å². The Morgan fingerprint density at radius 3 is 2.43 bits per heavy atom. The summed E-state index contributed by atoms with van der Waals surface area (Å²) in [7, 11) is -3.47. The molecule has 21 heavy (non-hydrogen) atoms. The topological polar surface area (TPSA) is 96.0 Å². The second-order valence-corrected chi connectivity index (χ2v) is 7.39. The fourth-order valence-corrected chi connectivity index (χ4v) is 4.05. The molecule has 0 spiro atoms. The quantitative estimate of drug-likeness (QED) is 0.382. The Kier molecular flexibility index (Phi) is 4.53. The molecule has 1 fully saturated rings. The van der Waals surface area contributed by atoms with Crippen molar-refractivity contribution in [1.82, 2.24) is 4.31 Å². The molecular formula is C14H21N3O3S. The Balaban J connectivity index is 2.16. The normalized spacial score (nSPS) is 18.9. The molecule has 0 aromatic heterocycles. The van der Waals surface area contributed by atoms with Gasteiger partial charge in [0.25, 0.3) is 0 Å². The average Bonchev–Trinajstić information content (AvgIpc) is 2.49. The monoisotopic (exact) mass is 311 g/mol. The summed E-state index contributed by atoms with van der Waals surface area (Å²) in [5.41, 5.74) is 7.61. The molecule has 6 nitrogen and oxygen atoms in total. The number of benzene rings is 1. The minimum Gasteiger partial charge on any atom is -0.409 e. The van der Waals surface area contributed by atoms with Gasteiger partial charge in [0.05, 0.1) is 4.90 Å². The van der Waals surface area contributed by atoms with Crippen LogP contribution in [0.25, 0.3) is 0 Å². The Bertz CT molecular complexity index is 647. The lowest BCUT2D eigenvalue weighted by Crippen LogP contribution is -2.41. The van der Waals surface area contributed by atoms with Crippen LogP contribution < -0.4 is 5.73 Å².